The molecule has 0 aliphatic heterocycles. The van der Waals surface area contributed by atoms with Crippen molar-refractivity contribution in [2.24, 2.45) is 0 Å². The van der Waals surface area contributed by atoms with Crippen molar-refractivity contribution in [3.63, 3.8) is 0 Å². The van der Waals surface area contributed by atoms with Crippen LogP contribution >= 0.6 is 0 Å². The van der Waals surface area contributed by atoms with Crippen LogP contribution in [0.4, 0.5) is 0 Å². The Morgan fingerprint density at radius 2 is 1.39 bits per heavy atom. The van der Waals surface area contributed by atoms with Gasteiger partial charge in [-0.1, -0.05) is 0 Å². The number of fused-ring (bicyclic) bond motifs is 8. The summed E-state index contributed by atoms with van der Waals surface area (Å²) < 4.78 is 10.3. The predicted octanol–water partition coefficient (Wildman–Crippen LogP) is 2.68. The van der Waals surface area contributed by atoms with E-state index in [1.165, 1.54) is 0 Å². The van der Waals surface area contributed by atoms with E-state index >= 15 is 0 Å². The Morgan fingerprint density at radius 1 is 0.957 bits per heavy atom. The van der Waals surface area contributed by atoms with Gasteiger partial charge in [-0.15, -0.1) is 0 Å². The Hall–Kier alpha value is -2.50. The summed E-state index contributed by atoms with van der Waals surface area (Å²) in [7, 11) is 0. The number of ether oxygens (including phenoxy) is 2. The highest BCUT2D eigenvalue weighted by Crippen LogP contribution is 2.58. The third-order valence-corrected chi connectivity index (χ3v) is 4.78. The van der Waals surface area contributed by atoms with Gasteiger partial charge in [-0.25, -0.2) is 9.59 Å². The third kappa shape index (κ3) is 1.81. The summed E-state index contributed by atoms with van der Waals surface area (Å²) in [6.07, 6.45) is 4.64. The molecule has 0 fully saturated rings. The standard InChI is InChI=1S/C17H18N2O4/c1-3-22-16(20)14-12-8-5-9(10(12)6-18-14)13-11(8)7-19-15(13)17(21)23-4-2/h6-9,18-19H,3-5H2,1-2H3/t8-,9-/m1/s1. The lowest BCUT2D eigenvalue weighted by Crippen LogP contribution is -2.11. The van der Waals surface area contributed by atoms with E-state index in [-0.39, 0.29) is 23.8 Å². The molecule has 2 N–H and O–H groups in total. The van der Waals surface area contributed by atoms with Gasteiger partial charge in [-0.2, -0.15) is 0 Å². The fourth-order valence-electron chi connectivity index (χ4n) is 4.01. The number of hydrogen-bond acceptors (Lipinski definition) is 4. The van der Waals surface area contributed by atoms with Gasteiger partial charge in [-0.05, 0) is 42.5 Å². The lowest BCUT2D eigenvalue weighted by Gasteiger charge is -2.14. The molecule has 6 nitrogen and oxygen atoms in total. The first-order valence-electron chi connectivity index (χ1n) is 7.93. The topological polar surface area (TPSA) is 84.2 Å². The van der Waals surface area contributed by atoms with Crippen LogP contribution in [0.15, 0.2) is 12.4 Å². The quantitative estimate of drug-likeness (QED) is 0.850. The third-order valence-electron chi connectivity index (χ3n) is 4.78. The number of H-pyrrole nitrogens is 2. The highest BCUT2D eigenvalue weighted by molar-refractivity contribution is 5.94. The number of carbonyl (C=O) groups is 2. The van der Waals surface area contributed by atoms with E-state index in [2.05, 4.69) is 9.97 Å². The molecule has 0 unspecified atom stereocenters. The molecular weight excluding hydrogens is 296 g/mol. The molecule has 2 aliphatic carbocycles. The monoisotopic (exact) mass is 314 g/mol. The summed E-state index contributed by atoms with van der Waals surface area (Å²) in [6.45, 7) is 4.29. The molecule has 2 heterocycles. The fraction of sp³-hybridized carbons (Fsp3) is 0.412. The summed E-state index contributed by atoms with van der Waals surface area (Å²) >= 11 is 0. The molecule has 0 saturated heterocycles. The summed E-state index contributed by atoms with van der Waals surface area (Å²) in [5.74, 6) is -0.363. The molecule has 2 aliphatic rings. The number of rotatable bonds is 4. The molecule has 2 aromatic heterocycles. The van der Waals surface area contributed by atoms with E-state index in [0.29, 0.717) is 24.6 Å². The highest BCUT2D eigenvalue weighted by atomic mass is 16.5. The van der Waals surface area contributed by atoms with Crippen molar-refractivity contribution in [3.8, 4) is 0 Å². The van der Waals surface area contributed by atoms with Gasteiger partial charge in [0, 0.05) is 24.2 Å². The first kappa shape index (κ1) is 14.1. The maximum Gasteiger partial charge on any atom is 0.355 e. The highest BCUT2D eigenvalue weighted by Gasteiger charge is 2.47. The molecule has 120 valence electrons. The van der Waals surface area contributed by atoms with Crippen molar-refractivity contribution in [1.29, 1.82) is 0 Å². The Morgan fingerprint density at radius 3 is 1.78 bits per heavy atom. The van der Waals surface area contributed by atoms with Gasteiger partial charge in [0.1, 0.15) is 11.4 Å². The molecule has 0 aromatic carbocycles. The number of aromatic amines is 2. The van der Waals surface area contributed by atoms with E-state index in [4.69, 9.17) is 9.47 Å². The van der Waals surface area contributed by atoms with Crippen LogP contribution in [0.25, 0.3) is 0 Å². The summed E-state index contributed by atoms with van der Waals surface area (Å²) in [5.41, 5.74) is 5.31. The van der Waals surface area contributed by atoms with Gasteiger partial charge in [0.15, 0.2) is 0 Å². The van der Waals surface area contributed by atoms with Crippen LogP contribution in [0.1, 0.15) is 75.3 Å². The SMILES string of the molecule is CCOC(=O)c1[nH]cc2c1[C@@H]1C[C@H]2c2c1c[nH]c2C(=O)OCC. The van der Waals surface area contributed by atoms with E-state index < -0.39 is 0 Å². The minimum absolute atomic E-state index is 0.134. The molecule has 4 rings (SSSR count). The van der Waals surface area contributed by atoms with Crippen LogP contribution in [-0.2, 0) is 9.47 Å². The Balaban J connectivity index is 1.74. The lowest BCUT2D eigenvalue weighted by atomic mass is 9.89. The van der Waals surface area contributed by atoms with Gasteiger partial charge in [-0.3, -0.25) is 0 Å². The Kier molecular flexibility index (Phi) is 3.07. The zero-order valence-corrected chi connectivity index (χ0v) is 13.1. The van der Waals surface area contributed by atoms with Crippen LogP contribution in [0.3, 0.4) is 0 Å². The Labute approximate surface area is 133 Å². The molecular formula is C17H18N2O4. The fourth-order valence-corrected chi connectivity index (χ4v) is 4.01. The van der Waals surface area contributed by atoms with Gasteiger partial charge < -0.3 is 19.4 Å². The maximum atomic E-state index is 12.1. The van der Waals surface area contributed by atoms with Gasteiger partial charge in [0.2, 0.25) is 0 Å². The molecule has 6 heteroatoms. The van der Waals surface area contributed by atoms with Gasteiger partial charge >= 0.3 is 11.9 Å². The van der Waals surface area contributed by atoms with Crippen LogP contribution in [0.2, 0.25) is 0 Å². The van der Waals surface area contributed by atoms with Crippen molar-refractivity contribution in [2.45, 2.75) is 32.1 Å². The molecule has 2 bridgehead atoms. The molecule has 0 radical (unpaired) electrons. The number of carbonyl (C=O) groups excluding carboxylic acids is 2. The van der Waals surface area contributed by atoms with Crippen LogP contribution < -0.4 is 0 Å². The number of hydrogen-bond donors (Lipinski definition) is 2. The summed E-state index contributed by atoms with van der Waals surface area (Å²) in [4.78, 5) is 30.4. The molecule has 0 saturated carbocycles. The van der Waals surface area contributed by atoms with Crippen LogP contribution in [0.5, 0.6) is 0 Å². The van der Waals surface area contributed by atoms with E-state index in [1.54, 1.807) is 13.8 Å². The average molecular weight is 314 g/mol. The molecule has 2 aromatic rings. The minimum atomic E-state index is -0.316. The first-order chi connectivity index (χ1) is 11.2. The second kappa shape index (κ2) is 5.01. The maximum absolute atomic E-state index is 12.1. The van der Waals surface area contributed by atoms with Crippen molar-refractivity contribution in [1.82, 2.24) is 9.97 Å². The van der Waals surface area contributed by atoms with Gasteiger partial charge in [0.05, 0.1) is 13.2 Å². The van der Waals surface area contributed by atoms with Crippen LogP contribution in [-0.4, -0.2) is 35.1 Å². The van der Waals surface area contributed by atoms with E-state index in [1.807, 2.05) is 12.4 Å². The predicted molar refractivity (Wildman–Crippen MR) is 81.8 cm³/mol. The van der Waals surface area contributed by atoms with E-state index in [0.717, 1.165) is 28.7 Å². The summed E-state index contributed by atoms with van der Waals surface area (Å²) in [6, 6.07) is 0. The number of aromatic nitrogens is 2. The largest absolute Gasteiger partial charge is 0.461 e. The van der Waals surface area contributed by atoms with Crippen molar-refractivity contribution in [3.05, 3.63) is 46.0 Å². The number of nitrogens with one attached hydrogen (secondary N) is 2. The molecule has 0 spiro atoms. The second-order valence-electron chi connectivity index (χ2n) is 5.85. The van der Waals surface area contributed by atoms with E-state index in [9.17, 15) is 9.59 Å². The second-order valence-corrected chi connectivity index (χ2v) is 5.85. The van der Waals surface area contributed by atoms with Crippen molar-refractivity contribution < 1.29 is 19.1 Å². The zero-order chi connectivity index (χ0) is 16.1. The molecule has 23 heavy (non-hydrogen) atoms. The van der Waals surface area contributed by atoms with Crippen molar-refractivity contribution in [2.75, 3.05) is 13.2 Å². The molecule has 2 atom stereocenters. The minimum Gasteiger partial charge on any atom is -0.461 e. The smallest absolute Gasteiger partial charge is 0.355 e. The van der Waals surface area contributed by atoms with Crippen molar-refractivity contribution >= 4 is 11.9 Å². The Bertz CT molecular complexity index is 735. The van der Waals surface area contributed by atoms with Gasteiger partial charge in [0.25, 0.3) is 0 Å². The summed E-state index contributed by atoms with van der Waals surface area (Å²) in [5, 5.41) is 0. The normalized spacial score (nSPS) is 20.3. The van der Waals surface area contributed by atoms with Crippen LogP contribution in [0, 0.1) is 0 Å². The first-order valence-corrected chi connectivity index (χ1v) is 7.93. The molecule has 0 amide bonds. The lowest BCUT2D eigenvalue weighted by molar-refractivity contribution is 0.0509. The zero-order valence-electron chi connectivity index (χ0n) is 13.1. The number of esters is 2. The average Bonchev–Trinajstić information content (AvgIpc) is 3.25.